The summed E-state index contributed by atoms with van der Waals surface area (Å²) >= 11 is 0. The van der Waals surface area contributed by atoms with Gasteiger partial charge >= 0.3 is 0 Å². The van der Waals surface area contributed by atoms with Crippen LogP contribution < -0.4 is 5.84 Å². The Bertz CT molecular complexity index is 218. The average molecular weight is 149 g/mol. The van der Waals surface area contributed by atoms with E-state index in [-0.39, 0.29) is 0 Å². The van der Waals surface area contributed by atoms with Crippen molar-refractivity contribution in [2.45, 2.75) is 6.42 Å². The van der Waals surface area contributed by atoms with Crippen molar-refractivity contribution >= 4 is 0 Å². The molecule has 0 spiro atoms. The largest absolute Gasteiger partial charge is 0.305 e. The number of rotatable bonds is 3. The second-order valence-electron chi connectivity index (χ2n) is 2.22. The predicted octanol–water partition coefficient (Wildman–Crippen LogP) is 1.56. The summed E-state index contributed by atoms with van der Waals surface area (Å²) in [5.41, 5.74) is 1.26. The normalized spacial score (nSPS) is 10.5. The molecule has 3 heteroatoms. The lowest BCUT2D eigenvalue weighted by Crippen LogP contribution is -1.88. The fourth-order valence-corrected chi connectivity index (χ4v) is 0.882. The second-order valence-corrected chi connectivity index (χ2v) is 2.22. The Hall–Kier alpha value is -1.38. The van der Waals surface area contributed by atoms with Crippen molar-refractivity contribution in [3.8, 4) is 0 Å². The highest BCUT2D eigenvalue weighted by molar-refractivity contribution is 5.14. The van der Waals surface area contributed by atoms with Crippen LogP contribution in [-0.2, 0) is 6.42 Å². The van der Waals surface area contributed by atoms with Crippen LogP contribution in [-0.4, -0.2) is 6.54 Å². The molecule has 0 radical (unpaired) electrons. The Morgan fingerprint density at radius 1 is 1.18 bits per heavy atom. The summed E-state index contributed by atoms with van der Waals surface area (Å²) in [5.74, 6) is 4.85. The molecule has 0 unspecified atom stereocenters. The second kappa shape index (κ2) is 4.44. The van der Waals surface area contributed by atoms with Gasteiger partial charge in [0.2, 0.25) is 0 Å². The van der Waals surface area contributed by atoms with Gasteiger partial charge in [-0.15, -0.1) is 0 Å². The van der Waals surface area contributed by atoms with Crippen LogP contribution >= 0.6 is 0 Å². The third kappa shape index (κ3) is 2.80. The van der Waals surface area contributed by atoms with E-state index in [1.165, 1.54) is 5.56 Å². The van der Waals surface area contributed by atoms with Crippen molar-refractivity contribution in [2.24, 2.45) is 16.2 Å². The van der Waals surface area contributed by atoms with E-state index >= 15 is 0 Å². The first-order chi connectivity index (χ1) is 5.43. The van der Waals surface area contributed by atoms with Crippen LogP contribution in [0.3, 0.4) is 0 Å². The van der Waals surface area contributed by atoms with Gasteiger partial charge in [0, 0.05) is 0 Å². The highest BCUT2D eigenvalue weighted by Gasteiger charge is 1.87. The van der Waals surface area contributed by atoms with E-state index in [4.69, 9.17) is 5.84 Å². The van der Waals surface area contributed by atoms with E-state index in [9.17, 15) is 0 Å². The number of benzene rings is 1. The molecule has 0 saturated heterocycles. The molecular formula is C8H11N3. The number of hydrogen-bond acceptors (Lipinski definition) is 2. The van der Waals surface area contributed by atoms with Crippen molar-refractivity contribution in [2.75, 3.05) is 6.54 Å². The minimum Gasteiger partial charge on any atom is -0.305 e. The highest BCUT2D eigenvalue weighted by Crippen LogP contribution is 1.98. The van der Waals surface area contributed by atoms with Gasteiger partial charge in [-0.25, -0.2) is 0 Å². The molecule has 1 aromatic carbocycles. The van der Waals surface area contributed by atoms with Crippen LogP contribution in [0.2, 0.25) is 0 Å². The zero-order valence-electron chi connectivity index (χ0n) is 6.27. The Kier molecular flexibility index (Phi) is 3.12. The first kappa shape index (κ1) is 7.72. The number of nitrogens with zero attached hydrogens (tertiary/aromatic N) is 2. The molecule has 1 aromatic rings. The van der Waals surface area contributed by atoms with Gasteiger partial charge in [0.15, 0.2) is 0 Å². The Morgan fingerprint density at radius 2 is 1.91 bits per heavy atom. The van der Waals surface area contributed by atoms with Crippen LogP contribution in [0.1, 0.15) is 5.56 Å². The molecule has 0 fully saturated rings. The number of hydrogen-bond donors (Lipinski definition) is 1. The monoisotopic (exact) mass is 149 g/mol. The molecule has 0 atom stereocenters. The minimum atomic E-state index is 0.667. The van der Waals surface area contributed by atoms with E-state index in [2.05, 4.69) is 22.5 Å². The van der Waals surface area contributed by atoms with Crippen molar-refractivity contribution in [1.29, 1.82) is 0 Å². The van der Waals surface area contributed by atoms with Crippen molar-refractivity contribution < 1.29 is 0 Å². The summed E-state index contributed by atoms with van der Waals surface area (Å²) in [6, 6.07) is 10.1. The lowest BCUT2D eigenvalue weighted by Gasteiger charge is -1.94. The van der Waals surface area contributed by atoms with E-state index < -0.39 is 0 Å². The van der Waals surface area contributed by atoms with Gasteiger partial charge in [-0.3, -0.25) is 0 Å². The lowest BCUT2D eigenvalue weighted by molar-refractivity contribution is 0.860. The molecule has 11 heavy (non-hydrogen) atoms. The molecule has 0 aromatic heterocycles. The molecule has 0 aliphatic rings. The summed E-state index contributed by atoms with van der Waals surface area (Å²) in [7, 11) is 0. The molecule has 0 bridgehead atoms. The summed E-state index contributed by atoms with van der Waals surface area (Å²) < 4.78 is 0. The maximum atomic E-state index is 4.85. The molecule has 1 rings (SSSR count). The Morgan fingerprint density at radius 3 is 2.55 bits per heavy atom. The molecule has 2 N–H and O–H groups in total. The molecule has 0 saturated carbocycles. The van der Waals surface area contributed by atoms with Crippen molar-refractivity contribution in [1.82, 2.24) is 0 Å². The topological polar surface area (TPSA) is 50.7 Å². The van der Waals surface area contributed by atoms with Crippen LogP contribution in [0.4, 0.5) is 0 Å². The lowest BCUT2D eigenvalue weighted by atomic mass is 10.2. The fraction of sp³-hybridized carbons (Fsp3) is 0.250. The van der Waals surface area contributed by atoms with Crippen molar-refractivity contribution in [3.63, 3.8) is 0 Å². The molecule has 0 aliphatic carbocycles. The molecule has 0 aliphatic heterocycles. The van der Waals surface area contributed by atoms with Crippen LogP contribution in [0.5, 0.6) is 0 Å². The number of nitrogens with two attached hydrogens (primary N) is 1. The zero-order chi connectivity index (χ0) is 7.94. The Labute approximate surface area is 65.9 Å². The summed E-state index contributed by atoms with van der Waals surface area (Å²) in [5, 5.41) is 6.85. The molecule has 58 valence electrons. The molecular weight excluding hydrogens is 138 g/mol. The van der Waals surface area contributed by atoms with Gasteiger partial charge in [-0.1, -0.05) is 35.6 Å². The Balaban J connectivity index is 2.39. The highest BCUT2D eigenvalue weighted by atomic mass is 15.3. The SMILES string of the molecule is NN=NCCc1ccccc1. The van der Waals surface area contributed by atoms with E-state index in [1.807, 2.05) is 18.2 Å². The average Bonchev–Trinajstić information content (AvgIpc) is 2.07. The fourth-order valence-electron chi connectivity index (χ4n) is 0.882. The third-order valence-corrected chi connectivity index (χ3v) is 1.42. The summed E-state index contributed by atoms with van der Waals surface area (Å²) in [6.07, 6.45) is 0.904. The third-order valence-electron chi connectivity index (χ3n) is 1.42. The van der Waals surface area contributed by atoms with Crippen LogP contribution in [0, 0.1) is 0 Å². The smallest absolute Gasteiger partial charge is 0.0660 e. The minimum absolute atomic E-state index is 0.667. The molecule has 3 nitrogen and oxygen atoms in total. The maximum absolute atomic E-state index is 4.85. The maximum Gasteiger partial charge on any atom is 0.0660 e. The van der Waals surface area contributed by atoms with Gasteiger partial charge in [-0.2, -0.15) is 5.11 Å². The van der Waals surface area contributed by atoms with Crippen molar-refractivity contribution in [3.05, 3.63) is 35.9 Å². The van der Waals surface area contributed by atoms with E-state index in [0.29, 0.717) is 6.54 Å². The quantitative estimate of drug-likeness (QED) is 0.395. The predicted molar refractivity (Wildman–Crippen MR) is 44.1 cm³/mol. The van der Waals surface area contributed by atoms with Gasteiger partial charge in [-0.05, 0) is 12.0 Å². The standard InChI is InChI=1S/C8H11N3/c9-11-10-7-6-8-4-2-1-3-5-8/h1-5H,6-7H2,(H2,9,10). The zero-order valence-corrected chi connectivity index (χ0v) is 6.27. The molecule has 0 heterocycles. The van der Waals surface area contributed by atoms with Crippen LogP contribution in [0.15, 0.2) is 40.7 Å². The first-order valence-corrected chi connectivity index (χ1v) is 3.54. The summed E-state index contributed by atoms with van der Waals surface area (Å²) in [4.78, 5) is 0. The van der Waals surface area contributed by atoms with Gasteiger partial charge in [0.05, 0.1) is 6.54 Å². The van der Waals surface area contributed by atoms with E-state index in [1.54, 1.807) is 0 Å². The van der Waals surface area contributed by atoms with Crippen LogP contribution in [0.25, 0.3) is 0 Å². The van der Waals surface area contributed by atoms with Gasteiger partial charge in [0.1, 0.15) is 0 Å². The molecule has 0 amide bonds. The van der Waals surface area contributed by atoms with Gasteiger partial charge in [0.25, 0.3) is 0 Å². The summed E-state index contributed by atoms with van der Waals surface area (Å²) in [6.45, 7) is 0.667. The first-order valence-electron chi connectivity index (χ1n) is 3.54. The van der Waals surface area contributed by atoms with Gasteiger partial charge < -0.3 is 5.84 Å². The van der Waals surface area contributed by atoms with E-state index in [0.717, 1.165) is 6.42 Å².